The lowest BCUT2D eigenvalue weighted by Gasteiger charge is -2.10. The zero-order valence-corrected chi connectivity index (χ0v) is 9.47. The van der Waals surface area contributed by atoms with Gasteiger partial charge in [-0.25, -0.2) is 0 Å². The quantitative estimate of drug-likeness (QED) is 0.816. The van der Waals surface area contributed by atoms with E-state index in [1.54, 1.807) is 7.11 Å². The third-order valence-electron chi connectivity index (χ3n) is 2.84. The number of methoxy groups -OCH3 is 1. The summed E-state index contributed by atoms with van der Waals surface area (Å²) in [4.78, 5) is 0. The molecule has 2 rings (SSSR count). The van der Waals surface area contributed by atoms with Crippen LogP contribution in [0, 0.1) is 0 Å². The van der Waals surface area contributed by atoms with Crippen LogP contribution in [0.3, 0.4) is 0 Å². The minimum Gasteiger partial charge on any atom is -0.495 e. The third-order valence-corrected chi connectivity index (χ3v) is 2.84. The molecule has 16 heavy (non-hydrogen) atoms. The number of hydrogen-bond donors (Lipinski definition) is 2. The highest BCUT2D eigenvalue weighted by Gasteiger charge is 2.14. The molecule has 2 aromatic rings. The highest BCUT2D eigenvalue weighted by Crippen LogP contribution is 2.29. The van der Waals surface area contributed by atoms with E-state index in [-0.39, 0.29) is 6.54 Å². The summed E-state index contributed by atoms with van der Waals surface area (Å²) in [6, 6.07) is 7.76. The molecule has 0 aliphatic heterocycles. The Bertz CT molecular complexity index is 505. The SMILES string of the molecule is COc1cccc2cc(C(O)CN)n(C)c12. The maximum Gasteiger partial charge on any atom is 0.143 e. The van der Waals surface area contributed by atoms with Crippen molar-refractivity contribution in [3.8, 4) is 5.75 Å². The van der Waals surface area contributed by atoms with E-state index >= 15 is 0 Å². The molecule has 4 nitrogen and oxygen atoms in total. The second kappa shape index (κ2) is 4.15. The van der Waals surface area contributed by atoms with E-state index in [0.717, 1.165) is 22.3 Å². The van der Waals surface area contributed by atoms with Crippen LogP contribution in [0.5, 0.6) is 5.75 Å². The van der Waals surface area contributed by atoms with Gasteiger partial charge in [0.1, 0.15) is 11.9 Å². The molecule has 1 heterocycles. The van der Waals surface area contributed by atoms with Crippen molar-refractivity contribution in [3.05, 3.63) is 30.0 Å². The number of aliphatic hydroxyl groups is 1. The summed E-state index contributed by atoms with van der Waals surface area (Å²) < 4.78 is 7.22. The average Bonchev–Trinajstić information content (AvgIpc) is 2.66. The Balaban J connectivity index is 2.68. The Morgan fingerprint density at radius 3 is 2.88 bits per heavy atom. The smallest absolute Gasteiger partial charge is 0.143 e. The standard InChI is InChI=1S/C12H16N2O2/c1-14-9(10(15)7-13)6-8-4-3-5-11(16-2)12(8)14/h3-6,10,15H,7,13H2,1-2H3. The summed E-state index contributed by atoms with van der Waals surface area (Å²) in [7, 11) is 3.54. The number of benzene rings is 1. The number of fused-ring (bicyclic) bond motifs is 1. The van der Waals surface area contributed by atoms with E-state index in [1.165, 1.54) is 0 Å². The van der Waals surface area contributed by atoms with Gasteiger partial charge in [-0.1, -0.05) is 12.1 Å². The maximum atomic E-state index is 9.79. The van der Waals surface area contributed by atoms with Crippen molar-refractivity contribution >= 4 is 10.9 Å². The molecule has 4 heteroatoms. The molecule has 0 fully saturated rings. The topological polar surface area (TPSA) is 60.4 Å². The predicted molar refractivity (Wildman–Crippen MR) is 63.5 cm³/mol. The molecule has 0 radical (unpaired) electrons. The fourth-order valence-corrected chi connectivity index (χ4v) is 2.01. The normalized spacial score (nSPS) is 13.0. The van der Waals surface area contributed by atoms with Crippen molar-refractivity contribution < 1.29 is 9.84 Å². The van der Waals surface area contributed by atoms with E-state index in [4.69, 9.17) is 10.5 Å². The molecular weight excluding hydrogens is 204 g/mol. The number of nitrogens with zero attached hydrogens (tertiary/aromatic N) is 1. The number of para-hydroxylation sites is 1. The molecule has 0 aliphatic carbocycles. The van der Waals surface area contributed by atoms with Gasteiger partial charge in [0.15, 0.2) is 0 Å². The molecule has 0 amide bonds. The first-order valence-electron chi connectivity index (χ1n) is 5.19. The molecular formula is C12H16N2O2. The highest BCUT2D eigenvalue weighted by molar-refractivity contribution is 5.87. The fraction of sp³-hybridized carbons (Fsp3) is 0.333. The minimum absolute atomic E-state index is 0.215. The van der Waals surface area contributed by atoms with Crippen molar-refractivity contribution in [2.24, 2.45) is 12.8 Å². The van der Waals surface area contributed by atoms with Crippen LogP contribution >= 0.6 is 0 Å². The van der Waals surface area contributed by atoms with Crippen LogP contribution in [0.2, 0.25) is 0 Å². The summed E-state index contributed by atoms with van der Waals surface area (Å²) in [5.41, 5.74) is 7.26. The van der Waals surface area contributed by atoms with Crippen LogP contribution in [-0.4, -0.2) is 23.3 Å². The Labute approximate surface area is 94.2 Å². The molecule has 1 aromatic heterocycles. The zero-order chi connectivity index (χ0) is 11.7. The van der Waals surface area contributed by atoms with E-state index in [2.05, 4.69) is 0 Å². The summed E-state index contributed by atoms with van der Waals surface area (Å²) in [5.74, 6) is 0.801. The van der Waals surface area contributed by atoms with Gasteiger partial charge in [-0.2, -0.15) is 0 Å². The molecule has 86 valence electrons. The summed E-state index contributed by atoms with van der Waals surface area (Å²) in [5, 5.41) is 10.8. The lowest BCUT2D eigenvalue weighted by atomic mass is 10.2. The van der Waals surface area contributed by atoms with Crippen LogP contribution < -0.4 is 10.5 Å². The number of aryl methyl sites for hydroxylation is 1. The molecule has 1 atom stereocenters. The largest absolute Gasteiger partial charge is 0.495 e. The van der Waals surface area contributed by atoms with E-state index in [9.17, 15) is 5.11 Å². The van der Waals surface area contributed by atoms with E-state index < -0.39 is 6.10 Å². The monoisotopic (exact) mass is 220 g/mol. The first-order chi connectivity index (χ1) is 7.69. The molecule has 0 bridgehead atoms. The molecule has 0 saturated carbocycles. The second-order valence-electron chi connectivity index (χ2n) is 3.78. The number of ether oxygens (including phenoxy) is 1. The van der Waals surface area contributed by atoms with Crippen molar-refractivity contribution in [1.82, 2.24) is 4.57 Å². The van der Waals surface area contributed by atoms with Crippen molar-refractivity contribution in [2.45, 2.75) is 6.10 Å². The average molecular weight is 220 g/mol. The first kappa shape index (κ1) is 11.0. The number of aliphatic hydroxyl groups excluding tert-OH is 1. The molecule has 0 saturated heterocycles. The predicted octanol–water partition coefficient (Wildman–Crippen LogP) is 1.18. The Hall–Kier alpha value is -1.52. The minimum atomic E-state index is -0.637. The van der Waals surface area contributed by atoms with Gasteiger partial charge in [0.2, 0.25) is 0 Å². The van der Waals surface area contributed by atoms with E-state index in [1.807, 2.05) is 35.9 Å². The third kappa shape index (κ3) is 1.56. The van der Waals surface area contributed by atoms with Gasteiger partial charge in [-0.15, -0.1) is 0 Å². The van der Waals surface area contributed by atoms with E-state index in [0.29, 0.717) is 0 Å². The van der Waals surface area contributed by atoms with Gasteiger partial charge in [-0.05, 0) is 12.1 Å². The van der Waals surface area contributed by atoms with Gasteiger partial charge in [0.25, 0.3) is 0 Å². The number of nitrogens with two attached hydrogens (primary N) is 1. The lowest BCUT2D eigenvalue weighted by Crippen LogP contribution is -2.14. The van der Waals surface area contributed by atoms with Gasteiger partial charge >= 0.3 is 0 Å². The van der Waals surface area contributed by atoms with Crippen LogP contribution in [-0.2, 0) is 7.05 Å². The lowest BCUT2D eigenvalue weighted by molar-refractivity contribution is 0.179. The number of aromatic nitrogens is 1. The summed E-state index contributed by atoms with van der Waals surface area (Å²) >= 11 is 0. The van der Waals surface area contributed by atoms with Crippen LogP contribution in [0.25, 0.3) is 10.9 Å². The van der Waals surface area contributed by atoms with Crippen LogP contribution in [0.4, 0.5) is 0 Å². The fourth-order valence-electron chi connectivity index (χ4n) is 2.01. The first-order valence-corrected chi connectivity index (χ1v) is 5.19. The summed E-state index contributed by atoms with van der Waals surface area (Å²) in [6.07, 6.45) is -0.637. The molecule has 3 N–H and O–H groups in total. The molecule has 0 aliphatic rings. The molecule has 1 unspecified atom stereocenters. The van der Waals surface area contributed by atoms with Crippen molar-refractivity contribution in [1.29, 1.82) is 0 Å². The van der Waals surface area contributed by atoms with Gasteiger partial charge in [0, 0.05) is 24.7 Å². The number of hydrogen-bond acceptors (Lipinski definition) is 3. The summed E-state index contributed by atoms with van der Waals surface area (Å²) in [6.45, 7) is 0.215. The maximum absolute atomic E-state index is 9.79. The van der Waals surface area contributed by atoms with Crippen molar-refractivity contribution in [2.75, 3.05) is 13.7 Å². The van der Waals surface area contributed by atoms with Gasteiger partial charge in [0.05, 0.1) is 12.6 Å². The van der Waals surface area contributed by atoms with Gasteiger partial charge in [-0.3, -0.25) is 0 Å². The highest BCUT2D eigenvalue weighted by atomic mass is 16.5. The molecule has 0 spiro atoms. The van der Waals surface area contributed by atoms with Crippen LogP contribution in [0.1, 0.15) is 11.8 Å². The Morgan fingerprint density at radius 2 is 2.25 bits per heavy atom. The van der Waals surface area contributed by atoms with Crippen LogP contribution in [0.15, 0.2) is 24.3 Å². The Morgan fingerprint density at radius 1 is 1.50 bits per heavy atom. The molecule has 1 aromatic carbocycles. The number of rotatable bonds is 3. The zero-order valence-electron chi connectivity index (χ0n) is 9.47. The van der Waals surface area contributed by atoms with Gasteiger partial charge < -0.3 is 20.1 Å². The Kier molecular flexibility index (Phi) is 2.85. The van der Waals surface area contributed by atoms with Crippen molar-refractivity contribution in [3.63, 3.8) is 0 Å². The second-order valence-corrected chi connectivity index (χ2v) is 3.78.